The third-order valence-corrected chi connectivity index (χ3v) is 3.73. The van der Waals surface area contributed by atoms with E-state index in [9.17, 15) is 18.8 Å². The van der Waals surface area contributed by atoms with Crippen LogP contribution in [-0.2, 0) is 16.1 Å². The smallest absolute Gasteiger partial charge is 0.354 e. The van der Waals surface area contributed by atoms with Crippen LogP contribution in [0.15, 0.2) is 41.7 Å². The number of hydrogen-bond acceptors (Lipinski definition) is 4. The fourth-order valence-electron chi connectivity index (χ4n) is 2.58. The lowest BCUT2D eigenvalue weighted by Crippen LogP contribution is -2.40. The Hall–Kier alpha value is -2.67. The number of methoxy groups -OCH3 is 1. The van der Waals surface area contributed by atoms with Gasteiger partial charge in [0.25, 0.3) is 0 Å². The molecule has 1 atom stereocenters. The fraction of sp³-hybridized carbons (Fsp3) is 0.188. The van der Waals surface area contributed by atoms with Gasteiger partial charge in [-0.3, -0.25) is 9.59 Å². The molecule has 0 aromatic carbocycles. The average Bonchev–Trinajstić information content (AvgIpc) is 2.89. The number of esters is 1. The van der Waals surface area contributed by atoms with Crippen molar-refractivity contribution in [2.24, 2.45) is 0 Å². The van der Waals surface area contributed by atoms with E-state index in [-0.39, 0.29) is 28.4 Å². The molecule has 8 heteroatoms. The number of fused-ring (bicyclic) bond motifs is 1. The van der Waals surface area contributed by atoms with Gasteiger partial charge in [0.15, 0.2) is 6.29 Å². The van der Waals surface area contributed by atoms with Crippen LogP contribution in [0.1, 0.15) is 32.6 Å². The number of amides is 1. The first-order chi connectivity index (χ1) is 11.3. The topological polar surface area (TPSA) is 77.4 Å². The number of hydrogen-bond donors (Lipinski definition) is 1. The van der Waals surface area contributed by atoms with Crippen molar-refractivity contribution in [3.63, 3.8) is 0 Å². The molecule has 1 aliphatic rings. The van der Waals surface area contributed by atoms with Crippen molar-refractivity contribution >= 4 is 29.8 Å². The second-order valence-corrected chi connectivity index (χ2v) is 5.47. The molecule has 1 amide bonds. The van der Waals surface area contributed by atoms with Crippen molar-refractivity contribution in [2.75, 3.05) is 7.11 Å². The van der Waals surface area contributed by atoms with E-state index in [2.05, 4.69) is 23.2 Å². The van der Waals surface area contributed by atoms with E-state index in [0.717, 1.165) is 6.08 Å². The molecule has 1 unspecified atom stereocenters. The first kappa shape index (κ1) is 17.7. The number of ether oxygens (including phenoxy) is 1. The van der Waals surface area contributed by atoms with Crippen molar-refractivity contribution in [3.05, 3.63) is 58.7 Å². The Morgan fingerprint density at radius 3 is 2.71 bits per heavy atom. The summed E-state index contributed by atoms with van der Waals surface area (Å²) < 4.78 is 19.3. The van der Waals surface area contributed by atoms with Crippen LogP contribution in [0.3, 0.4) is 0 Å². The van der Waals surface area contributed by atoms with E-state index in [1.165, 1.54) is 17.7 Å². The van der Waals surface area contributed by atoms with Gasteiger partial charge >= 0.3 is 5.97 Å². The minimum Gasteiger partial charge on any atom is -0.464 e. The molecule has 126 valence electrons. The molecule has 0 saturated carbocycles. The van der Waals surface area contributed by atoms with Crippen molar-refractivity contribution in [1.82, 2.24) is 9.88 Å². The van der Waals surface area contributed by atoms with Crippen LogP contribution >= 0.6 is 11.6 Å². The molecular formula is C16H14ClFN2O4. The number of aromatic nitrogens is 1. The van der Waals surface area contributed by atoms with E-state index in [4.69, 9.17) is 11.6 Å². The number of halogens is 2. The van der Waals surface area contributed by atoms with Gasteiger partial charge in [0.1, 0.15) is 18.1 Å². The maximum absolute atomic E-state index is 13.3. The van der Waals surface area contributed by atoms with Gasteiger partial charge < -0.3 is 14.6 Å². The molecular weight excluding hydrogens is 339 g/mol. The molecule has 6 nitrogen and oxygen atoms in total. The molecule has 0 saturated heterocycles. The van der Waals surface area contributed by atoms with Crippen molar-refractivity contribution in [3.8, 4) is 0 Å². The Morgan fingerprint density at radius 2 is 2.21 bits per heavy atom. The minimum atomic E-state index is -0.956. The first-order valence-corrected chi connectivity index (χ1v) is 7.15. The largest absolute Gasteiger partial charge is 0.464 e. The summed E-state index contributed by atoms with van der Waals surface area (Å²) in [6.07, 6.45) is 1.54. The standard InChI is InChI=1S/C16H14ClFN2O4/c1-8(18)4-11(9(2)17)14-15-10(7-21)5-12(16(23)24-3)20(15)6-13(22)19-14/h4-5,7,14H,1-2,6H2,3H3,(H,19,22)/b11-4+. The van der Waals surface area contributed by atoms with E-state index in [1.54, 1.807) is 0 Å². The summed E-state index contributed by atoms with van der Waals surface area (Å²) in [7, 11) is 1.18. The van der Waals surface area contributed by atoms with Crippen molar-refractivity contribution < 1.29 is 23.5 Å². The summed E-state index contributed by atoms with van der Waals surface area (Å²) in [5.74, 6) is -1.95. The highest BCUT2D eigenvalue weighted by Gasteiger charge is 2.34. The van der Waals surface area contributed by atoms with Crippen LogP contribution < -0.4 is 5.32 Å². The number of rotatable bonds is 5. The van der Waals surface area contributed by atoms with Gasteiger partial charge in [0, 0.05) is 16.2 Å². The van der Waals surface area contributed by atoms with Crippen LogP contribution in [0.4, 0.5) is 4.39 Å². The molecule has 24 heavy (non-hydrogen) atoms. The number of aldehydes is 1. The van der Waals surface area contributed by atoms with E-state index in [0.29, 0.717) is 12.0 Å². The summed E-state index contributed by atoms with van der Waals surface area (Å²) in [6, 6.07) is 0.350. The van der Waals surface area contributed by atoms with E-state index >= 15 is 0 Å². The predicted octanol–water partition coefficient (Wildman–Crippen LogP) is 2.42. The summed E-state index contributed by atoms with van der Waals surface area (Å²) in [5.41, 5.74) is 0.595. The molecule has 1 aliphatic heterocycles. The molecule has 1 N–H and O–H groups in total. The fourth-order valence-corrected chi connectivity index (χ4v) is 2.74. The maximum Gasteiger partial charge on any atom is 0.354 e. The molecule has 1 aromatic rings. The summed E-state index contributed by atoms with van der Waals surface area (Å²) in [5, 5.41) is 2.58. The van der Waals surface area contributed by atoms with Crippen LogP contribution in [0.5, 0.6) is 0 Å². The lowest BCUT2D eigenvalue weighted by atomic mass is 9.98. The molecule has 0 spiro atoms. The summed E-state index contributed by atoms with van der Waals surface area (Å²) in [4.78, 5) is 35.3. The molecule has 0 radical (unpaired) electrons. The Kier molecular flexibility index (Phi) is 5.04. The second kappa shape index (κ2) is 6.84. The third-order valence-electron chi connectivity index (χ3n) is 3.51. The quantitative estimate of drug-likeness (QED) is 0.501. The molecule has 0 aliphatic carbocycles. The van der Waals surface area contributed by atoms with Gasteiger partial charge in [0.05, 0.1) is 18.8 Å². The molecule has 2 heterocycles. The van der Waals surface area contributed by atoms with Gasteiger partial charge in [-0.1, -0.05) is 24.8 Å². The van der Waals surface area contributed by atoms with E-state index in [1.807, 2.05) is 0 Å². The van der Waals surface area contributed by atoms with Gasteiger partial charge in [0.2, 0.25) is 5.91 Å². The van der Waals surface area contributed by atoms with Gasteiger partial charge in [-0.25, -0.2) is 9.18 Å². The molecule has 0 bridgehead atoms. The summed E-state index contributed by atoms with van der Waals surface area (Å²) >= 11 is 5.92. The number of carbonyl (C=O) groups excluding carboxylic acids is 3. The number of carbonyl (C=O) groups is 3. The van der Waals surface area contributed by atoms with Crippen molar-refractivity contribution in [2.45, 2.75) is 12.6 Å². The zero-order valence-electron chi connectivity index (χ0n) is 12.8. The van der Waals surface area contributed by atoms with Gasteiger partial charge in [-0.05, 0) is 12.1 Å². The highest BCUT2D eigenvalue weighted by atomic mass is 35.5. The number of allylic oxidation sites excluding steroid dienone is 2. The summed E-state index contributed by atoms with van der Waals surface area (Å²) in [6.45, 7) is 6.48. The maximum atomic E-state index is 13.3. The van der Waals surface area contributed by atoms with Gasteiger partial charge in [-0.2, -0.15) is 0 Å². The van der Waals surface area contributed by atoms with E-state index < -0.39 is 23.7 Å². The molecule has 0 fully saturated rings. The Balaban J connectivity index is 2.72. The normalized spacial score (nSPS) is 16.9. The first-order valence-electron chi connectivity index (χ1n) is 6.77. The third kappa shape index (κ3) is 3.16. The molecule has 1 aromatic heterocycles. The SMILES string of the molecule is C=C(F)/C=C(\C(=C)Cl)C1NC(=O)Cn2c(C(=O)OC)cc(C=O)c21. The predicted molar refractivity (Wildman–Crippen MR) is 85.4 cm³/mol. The second-order valence-electron chi connectivity index (χ2n) is 5.02. The number of nitrogens with zero attached hydrogens (tertiary/aromatic N) is 1. The van der Waals surface area contributed by atoms with Gasteiger partial charge in [-0.15, -0.1) is 0 Å². The molecule has 2 rings (SSSR count). The Bertz CT molecular complexity index is 794. The highest BCUT2D eigenvalue weighted by Crippen LogP contribution is 2.35. The lowest BCUT2D eigenvalue weighted by Gasteiger charge is -2.29. The monoisotopic (exact) mass is 352 g/mol. The lowest BCUT2D eigenvalue weighted by molar-refractivity contribution is -0.123. The zero-order chi connectivity index (χ0) is 18.0. The Labute approximate surface area is 142 Å². The number of nitrogens with one attached hydrogen (secondary N) is 1. The highest BCUT2D eigenvalue weighted by molar-refractivity contribution is 6.31. The minimum absolute atomic E-state index is 0.0352. The van der Waals surface area contributed by atoms with Crippen LogP contribution in [0, 0.1) is 0 Å². The zero-order valence-corrected chi connectivity index (χ0v) is 13.5. The van der Waals surface area contributed by atoms with Crippen molar-refractivity contribution in [1.29, 1.82) is 0 Å². The van der Waals surface area contributed by atoms with Crippen LogP contribution in [-0.4, -0.2) is 29.8 Å². The Morgan fingerprint density at radius 1 is 1.54 bits per heavy atom. The van der Waals surface area contributed by atoms with Crippen LogP contribution in [0.2, 0.25) is 0 Å². The average molecular weight is 353 g/mol. The van der Waals surface area contributed by atoms with Crippen LogP contribution in [0.25, 0.3) is 0 Å².